The van der Waals surface area contributed by atoms with Crippen LogP contribution in [0.3, 0.4) is 0 Å². The average molecular weight is 375 g/mol. The van der Waals surface area contributed by atoms with Gasteiger partial charge >= 0.3 is 6.01 Å². The van der Waals surface area contributed by atoms with Gasteiger partial charge in [0.15, 0.2) is 5.82 Å². The third-order valence-electron chi connectivity index (χ3n) is 4.84. The first kappa shape index (κ1) is 19.5. The maximum atomic E-state index is 14.3. The number of carbonyl (C=O) groups is 1. The zero-order valence-corrected chi connectivity index (χ0v) is 15.7. The van der Waals surface area contributed by atoms with Crippen molar-refractivity contribution in [3.05, 3.63) is 30.1 Å². The first-order valence-electron chi connectivity index (χ1n) is 9.64. The monoisotopic (exact) mass is 375 g/mol. The van der Waals surface area contributed by atoms with Gasteiger partial charge in [-0.1, -0.05) is 37.8 Å². The van der Waals surface area contributed by atoms with E-state index in [9.17, 15) is 9.18 Å². The quantitative estimate of drug-likeness (QED) is 0.617. The van der Waals surface area contributed by atoms with Crippen molar-refractivity contribution in [2.45, 2.75) is 45.4 Å². The minimum atomic E-state index is -0.449. The van der Waals surface area contributed by atoms with Gasteiger partial charge in [0.05, 0.1) is 12.2 Å². The predicted octanol–water partition coefficient (Wildman–Crippen LogP) is 4.11. The number of nitrogens with zero attached hydrogens (tertiary/aromatic N) is 3. The van der Waals surface area contributed by atoms with Crippen molar-refractivity contribution in [2.24, 2.45) is 5.92 Å². The van der Waals surface area contributed by atoms with Crippen LogP contribution in [0.2, 0.25) is 0 Å². The fourth-order valence-electron chi connectivity index (χ4n) is 3.41. The Hall–Kier alpha value is -2.28. The Morgan fingerprint density at radius 1 is 1.26 bits per heavy atom. The largest absolute Gasteiger partial charge is 0.460 e. The van der Waals surface area contributed by atoms with E-state index in [4.69, 9.17) is 9.47 Å². The number of ether oxygens (including phenoxy) is 2. The van der Waals surface area contributed by atoms with E-state index in [1.165, 1.54) is 36.4 Å². The van der Waals surface area contributed by atoms with E-state index < -0.39 is 5.82 Å². The van der Waals surface area contributed by atoms with Crippen LogP contribution in [0, 0.1) is 11.7 Å². The summed E-state index contributed by atoms with van der Waals surface area (Å²) >= 11 is 0. The summed E-state index contributed by atoms with van der Waals surface area (Å²) in [6, 6.07) is 6.29. The van der Waals surface area contributed by atoms with Crippen LogP contribution >= 0.6 is 0 Å². The van der Waals surface area contributed by atoms with E-state index in [0.29, 0.717) is 25.6 Å². The zero-order valence-electron chi connectivity index (χ0n) is 15.7. The SMILES string of the molecule is CCOCCOc1nc(-c2ccccc2F)n(C(=O)CCC2CCCC2)n1. The van der Waals surface area contributed by atoms with Crippen LogP contribution in [0.4, 0.5) is 4.39 Å². The molecule has 3 rings (SSSR count). The smallest absolute Gasteiger partial charge is 0.336 e. The van der Waals surface area contributed by atoms with Gasteiger partial charge in [-0.25, -0.2) is 4.39 Å². The Kier molecular flexibility index (Phi) is 6.92. The van der Waals surface area contributed by atoms with E-state index in [2.05, 4.69) is 10.1 Å². The molecule has 1 heterocycles. The molecule has 0 aliphatic heterocycles. The third-order valence-corrected chi connectivity index (χ3v) is 4.84. The molecule has 1 aromatic heterocycles. The molecule has 0 unspecified atom stereocenters. The second-order valence-corrected chi connectivity index (χ2v) is 6.74. The molecule has 7 heteroatoms. The van der Waals surface area contributed by atoms with Gasteiger partial charge in [0.2, 0.25) is 5.91 Å². The number of aromatic nitrogens is 3. The highest BCUT2D eigenvalue weighted by atomic mass is 19.1. The van der Waals surface area contributed by atoms with E-state index in [1.807, 2.05) is 6.92 Å². The molecule has 0 spiro atoms. The molecule has 6 nitrogen and oxygen atoms in total. The zero-order chi connectivity index (χ0) is 19.1. The molecule has 146 valence electrons. The number of halogens is 1. The van der Waals surface area contributed by atoms with Crippen LogP contribution < -0.4 is 4.74 Å². The van der Waals surface area contributed by atoms with Gasteiger partial charge in [0.1, 0.15) is 12.4 Å². The van der Waals surface area contributed by atoms with Crippen LogP contribution in [0.25, 0.3) is 11.4 Å². The fourth-order valence-corrected chi connectivity index (χ4v) is 3.41. The summed E-state index contributed by atoms with van der Waals surface area (Å²) in [7, 11) is 0. The molecule has 0 amide bonds. The normalized spacial score (nSPS) is 14.6. The molecular formula is C20H26FN3O3. The highest BCUT2D eigenvalue weighted by Crippen LogP contribution is 2.29. The van der Waals surface area contributed by atoms with Crippen molar-refractivity contribution in [3.63, 3.8) is 0 Å². The molecule has 0 atom stereocenters. The van der Waals surface area contributed by atoms with E-state index in [0.717, 1.165) is 6.42 Å². The van der Waals surface area contributed by atoms with Crippen molar-refractivity contribution in [2.75, 3.05) is 19.8 Å². The summed E-state index contributed by atoms with van der Waals surface area (Å²) in [5.74, 6) is 0.134. The number of carbonyl (C=O) groups excluding carboxylic acids is 1. The standard InChI is InChI=1S/C20H26FN3O3/c1-2-26-13-14-27-20-22-19(16-9-5-6-10-17(16)21)24(23-20)18(25)12-11-15-7-3-4-8-15/h5-6,9-10,15H,2-4,7-8,11-14H2,1H3. The Labute approximate surface area is 158 Å². The predicted molar refractivity (Wildman–Crippen MR) is 99.2 cm³/mol. The van der Waals surface area contributed by atoms with Crippen molar-refractivity contribution in [3.8, 4) is 17.4 Å². The summed E-state index contributed by atoms with van der Waals surface area (Å²) in [4.78, 5) is 17.0. The van der Waals surface area contributed by atoms with E-state index in [1.54, 1.807) is 18.2 Å². The van der Waals surface area contributed by atoms with Gasteiger partial charge in [-0.3, -0.25) is 4.79 Å². The van der Waals surface area contributed by atoms with Crippen molar-refractivity contribution >= 4 is 5.91 Å². The number of hydrogen-bond donors (Lipinski definition) is 0. The molecule has 0 N–H and O–H groups in total. The Morgan fingerprint density at radius 3 is 2.78 bits per heavy atom. The van der Waals surface area contributed by atoms with Gasteiger partial charge in [-0.15, -0.1) is 5.10 Å². The highest BCUT2D eigenvalue weighted by Gasteiger charge is 2.22. The lowest BCUT2D eigenvalue weighted by Gasteiger charge is -2.09. The van der Waals surface area contributed by atoms with Crippen LogP contribution in [-0.2, 0) is 4.74 Å². The number of rotatable bonds is 9. The summed E-state index contributed by atoms with van der Waals surface area (Å²) in [5, 5.41) is 4.18. The van der Waals surface area contributed by atoms with E-state index >= 15 is 0 Å². The molecule has 0 bridgehead atoms. The van der Waals surface area contributed by atoms with Crippen LogP contribution in [-0.4, -0.2) is 40.5 Å². The molecule has 27 heavy (non-hydrogen) atoms. The van der Waals surface area contributed by atoms with Gasteiger partial charge in [0.25, 0.3) is 0 Å². The molecule has 0 radical (unpaired) electrons. The van der Waals surface area contributed by atoms with Crippen molar-refractivity contribution < 1.29 is 18.7 Å². The lowest BCUT2D eigenvalue weighted by atomic mass is 10.0. The summed E-state index contributed by atoms with van der Waals surface area (Å²) in [5.41, 5.74) is 0.235. The van der Waals surface area contributed by atoms with Gasteiger partial charge in [-0.05, 0) is 31.4 Å². The number of hydrogen-bond acceptors (Lipinski definition) is 5. The fraction of sp³-hybridized carbons (Fsp3) is 0.550. The first-order valence-corrected chi connectivity index (χ1v) is 9.64. The van der Waals surface area contributed by atoms with Crippen LogP contribution in [0.5, 0.6) is 6.01 Å². The molecule has 1 fully saturated rings. The molecular weight excluding hydrogens is 349 g/mol. The topological polar surface area (TPSA) is 66.2 Å². The molecule has 0 saturated heterocycles. The van der Waals surface area contributed by atoms with E-state index in [-0.39, 0.29) is 29.9 Å². The molecule has 1 aromatic carbocycles. The number of benzene rings is 1. The maximum Gasteiger partial charge on any atom is 0.336 e. The second-order valence-electron chi connectivity index (χ2n) is 6.74. The minimum absolute atomic E-state index is 0.0576. The first-order chi connectivity index (χ1) is 13.2. The lowest BCUT2D eigenvalue weighted by Crippen LogP contribution is -2.15. The molecule has 1 saturated carbocycles. The van der Waals surface area contributed by atoms with Gasteiger partial charge in [0, 0.05) is 13.0 Å². The van der Waals surface area contributed by atoms with Crippen LogP contribution in [0.15, 0.2) is 24.3 Å². The van der Waals surface area contributed by atoms with Crippen molar-refractivity contribution in [1.82, 2.24) is 14.8 Å². The van der Waals surface area contributed by atoms with Gasteiger partial charge < -0.3 is 9.47 Å². The Morgan fingerprint density at radius 2 is 2.04 bits per heavy atom. The summed E-state index contributed by atoms with van der Waals surface area (Å²) in [6.45, 7) is 3.15. The maximum absolute atomic E-state index is 14.3. The Balaban J connectivity index is 1.77. The van der Waals surface area contributed by atoms with Gasteiger partial charge in [-0.2, -0.15) is 9.67 Å². The third kappa shape index (κ3) is 5.13. The highest BCUT2D eigenvalue weighted by molar-refractivity contribution is 5.82. The average Bonchev–Trinajstić information content (AvgIpc) is 3.34. The van der Waals surface area contributed by atoms with Crippen molar-refractivity contribution in [1.29, 1.82) is 0 Å². The summed E-state index contributed by atoms with van der Waals surface area (Å²) in [6.07, 6.45) is 6.03. The summed E-state index contributed by atoms with van der Waals surface area (Å²) < 4.78 is 26.1. The lowest BCUT2D eigenvalue weighted by molar-refractivity contribution is 0.0872. The molecule has 1 aliphatic carbocycles. The molecule has 1 aliphatic rings. The minimum Gasteiger partial charge on any atom is -0.460 e. The Bertz CT molecular complexity index is 757. The molecule has 2 aromatic rings. The van der Waals surface area contributed by atoms with Crippen LogP contribution in [0.1, 0.15) is 50.2 Å². The second kappa shape index (κ2) is 9.60.